The molecule has 2 aromatic heterocycles. The second-order valence-corrected chi connectivity index (χ2v) is 15.6. The summed E-state index contributed by atoms with van der Waals surface area (Å²) in [6.07, 6.45) is 6.28. The SMILES string of the molecule is O=C1Nc2nc(NC3CCC(O)CC3)ncc2CN1c1ccccc1Cl.O=C1Nc2nc(S(=O)(=O)Cc3ccccc3)ncc2CN1c1ccccc1Cl. The topological polar surface area (TPSA) is 183 Å². The van der Waals surface area contributed by atoms with Crippen LogP contribution in [0.4, 0.5) is 38.5 Å². The Balaban J connectivity index is 0.000000167. The number of hydrogen-bond donors (Lipinski definition) is 4. The van der Waals surface area contributed by atoms with Crippen LogP contribution in [0.3, 0.4) is 0 Å². The molecule has 1 aliphatic carbocycles. The fourth-order valence-electron chi connectivity index (χ4n) is 6.28. The molecule has 4 heterocycles. The maximum absolute atomic E-state index is 12.6. The fourth-order valence-corrected chi connectivity index (χ4v) is 7.96. The quantitative estimate of drug-likeness (QED) is 0.125. The van der Waals surface area contributed by atoms with Gasteiger partial charge in [-0.05, 0) is 55.5 Å². The molecule has 0 spiro atoms. The van der Waals surface area contributed by atoms with Gasteiger partial charge in [-0.3, -0.25) is 20.4 Å². The van der Waals surface area contributed by atoms with Crippen molar-refractivity contribution in [2.75, 3.05) is 25.8 Å². The Labute approximate surface area is 321 Å². The molecule has 0 saturated heterocycles. The lowest BCUT2D eigenvalue weighted by atomic mass is 9.93. The predicted molar refractivity (Wildman–Crippen MR) is 207 cm³/mol. The van der Waals surface area contributed by atoms with Crippen molar-refractivity contribution in [2.45, 2.75) is 61.8 Å². The highest BCUT2D eigenvalue weighted by Gasteiger charge is 2.30. The van der Waals surface area contributed by atoms with Crippen LogP contribution in [0.15, 0.2) is 96.4 Å². The van der Waals surface area contributed by atoms with Crippen molar-refractivity contribution >= 4 is 74.1 Å². The van der Waals surface area contributed by atoms with Gasteiger partial charge in [0.05, 0.1) is 46.4 Å². The number of aromatic nitrogens is 4. The van der Waals surface area contributed by atoms with E-state index < -0.39 is 15.9 Å². The molecule has 8 rings (SSSR count). The van der Waals surface area contributed by atoms with Crippen LogP contribution in [0.25, 0.3) is 0 Å². The number of aliphatic hydroxyl groups excluding tert-OH is 1. The van der Waals surface area contributed by atoms with Crippen molar-refractivity contribution in [3.8, 4) is 0 Å². The third-order valence-electron chi connectivity index (χ3n) is 9.10. The number of amides is 4. The van der Waals surface area contributed by atoms with E-state index in [0.29, 0.717) is 50.9 Å². The number of rotatable bonds is 7. The van der Waals surface area contributed by atoms with Gasteiger partial charge in [0, 0.05) is 29.6 Å². The van der Waals surface area contributed by atoms with E-state index in [4.69, 9.17) is 23.2 Å². The van der Waals surface area contributed by atoms with Gasteiger partial charge in [-0.1, -0.05) is 77.8 Å². The van der Waals surface area contributed by atoms with E-state index >= 15 is 0 Å². The van der Waals surface area contributed by atoms with Gasteiger partial charge >= 0.3 is 12.1 Å². The highest BCUT2D eigenvalue weighted by Crippen LogP contribution is 2.33. The zero-order valence-electron chi connectivity index (χ0n) is 28.7. The van der Waals surface area contributed by atoms with Gasteiger partial charge < -0.3 is 10.4 Å². The largest absolute Gasteiger partial charge is 0.393 e. The Morgan fingerprint density at radius 2 is 1.24 bits per heavy atom. The molecule has 17 heteroatoms. The number of benzene rings is 3. The number of para-hydroxylation sites is 2. The van der Waals surface area contributed by atoms with Crippen molar-refractivity contribution in [1.29, 1.82) is 0 Å². The first-order valence-electron chi connectivity index (χ1n) is 17.1. The number of halogens is 2. The molecule has 0 radical (unpaired) electrons. The van der Waals surface area contributed by atoms with Crippen LogP contribution in [-0.2, 0) is 28.7 Å². The normalized spacial score (nSPS) is 18.0. The minimum atomic E-state index is -3.74. The van der Waals surface area contributed by atoms with Crippen molar-refractivity contribution in [3.05, 3.63) is 118 Å². The number of carbonyl (C=O) groups excluding carboxylic acids is 2. The summed E-state index contributed by atoms with van der Waals surface area (Å²) < 4.78 is 25.3. The summed E-state index contributed by atoms with van der Waals surface area (Å²) >= 11 is 12.4. The summed E-state index contributed by atoms with van der Waals surface area (Å²) in [5.74, 6) is 0.991. The lowest BCUT2D eigenvalue weighted by Crippen LogP contribution is -2.39. The predicted octanol–water partition coefficient (Wildman–Crippen LogP) is 7.05. The second-order valence-electron chi connectivity index (χ2n) is 12.9. The first kappa shape index (κ1) is 37.0. The highest BCUT2D eigenvalue weighted by atomic mass is 35.5. The molecular formula is C37H35Cl2N9O5S. The number of nitrogens with zero attached hydrogens (tertiary/aromatic N) is 6. The number of sulfone groups is 1. The lowest BCUT2D eigenvalue weighted by Gasteiger charge is -2.30. The Bertz CT molecular complexity index is 2290. The zero-order chi connectivity index (χ0) is 37.8. The molecule has 1 fully saturated rings. The monoisotopic (exact) mass is 787 g/mol. The molecule has 278 valence electrons. The Hall–Kier alpha value is -5.35. The molecule has 3 aliphatic rings. The molecule has 14 nitrogen and oxygen atoms in total. The molecular weight excluding hydrogens is 753 g/mol. The molecule has 0 unspecified atom stereocenters. The van der Waals surface area contributed by atoms with E-state index in [1.807, 2.05) is 18.2 Å². The van der Waals surface area contributed by atoms with Crippen molar-refractivity contribution in [3.63, 3.8) is 0 Å². The maximum atomic E-state index is 12.6. The summed E-state index contributed by atoms with van der Waals surface area (Å²) in [5, 5.41) is 19.0. The van der Waals surface area contributed by atoms with Crippen molar-refractivity contribution in [1.82, 2.24) is 19.9 Å². The molecule has 4 amide bonds. The van der Waals surface area contributed by atoms with E-state index in [1.165, 1.54) is 11.1 Å². The van der Waals surface area contributed by atoms with Gasteiger partial charge in [0.2, 0.25) is 20.9 Å². The van der Waals surface area contributed by atoms with Crippen LogP contribution in [0.5, 0.6) is 0 Å². The van der Waals surface area contributed by atoms with Crippen LogP contribution in [0.2, 0.25) is 10.0 Å². The third kappa shape index (κ3) is 8.39. The van der Waals surface area contributed by atoms with E-state index in [1.54, 1.807) is 71.8 Å². The lowest BCUT2D eigenvalue weighted by molar-refractivity contribution is 0.126. The van der Waals surface area contributed by atoms with Gasteiger partial charge in [0.1, 0.15) is 11.6 Å². The van der Waals surface area contributed by atoms with Gasteiger partial charge in [-0.25, -0.2) is 33.0 Å². The van der Waals surface area contributed by atoms with E-state index in [0.717, 1.165) is 31.2 Å². The van der Waals surface area contributed by atoms with Gasteiger partial charge in [0.25, 0.3) is 0 Å². The standard InChI is InChI=1S/C19H15ClN4O3S.C18H20ClN5O2/c20-15-8-4-5-9-16(15)24-11-14-10-21-18(22-17(14)23-19(24)25)28(26,27)12-13-6-2-1-3-7-13;19-14-3-1-2-4-15(14)24-10-11-9-20-17(22-16(11)23-18(24)26)21-12-5-7-13(25)8-6-12/h1-10H,11-12H2,(H,21,22,23,25);1-4,9,12-13,25H,5-8,10H2,(H2,20,21,22,23,26). The number of fused-ring (bicyclic) bond motifs is 2. The first-order chi connectivity index (χ1) is 26.0. The minimum Gasteiger partial charge on any atom is -0.393 e. The third-order valence-corrected chi connectivity index (χ3v) is 11.2. The number of hydrogen-bond acceptors (Lipinski definition) is 10. The van der Waals surface area contributed by atoms with Crippen molar-refractivity contribution < 1.29 is 23.1 Å². The molecule has 3 aromatic carbocycles. The fraction of sp³-hybridized carbons (Fsp3) is 0.243. The summed E-state index contributed by atoms with van der Waals surface area (Å²) in [6.45, 7) is 0.546. The number of aliphatic hydroxyl groups is 1. The van der Waals surface area contributed by atoms with Gasteiger partial charge in [-0.15, -0.1) is 0 Å². The summed E-state index contributed by atoms with van der Waals surface area (Å²) in [4.78, 5) is 45.0. The number of urea groups is 2. The van der Waals surface area contributed by atoms with Gasteiger partial charge in [-0.2, -0.15) is 4.98 Å². The molecule has 0 bridgehead atoms. The molecule has 2 aliphatic heterocycles. The Kier molecular flexibility index (Phi) is 10.9. The Morgan fingerprint density at radius 3 is 1.81 bits per heavy atom. The van der Waals surface area contributed by atoms with Gasteiger partial charge in [0.15, 0.2) is 0 Å². The zero-order valence-corrected chi connectivity index (χ0v) is 31.0. The van der Waals surface area contributed by atoms with E-state index in [2.05, 4.69) is 35.9 Å². The average molecular weight is 789 g/mol. The van der Waals surface area contributed by atoms with E-state index in [-0.39, 0.29) is 41.4 Å². The Morgan fingerprint density at radius 1 is 0.722 bits per heavy atom. The average Bonchev–Trinajstić information content (AvgIpc) is 3.16. The highest BCUT2D eigenvalue weighted by molar-refractivity contribution is 7.90. The second kappa shape index (κ2) is 15.9. The van der Waals surface area contributed by atoms with Crippen LogP contribution >= 0.6 is 23.2 Å². The van der Waals surface area contributed by atoms with Crippen LogP contribution in [0, 0.1) is 0 Å². The molecule has 54 heavy (non-hydrogen) atoms. The number of anilines is 5. The molecule has 1 saturated carbocycles. The van der Waals surface area contributed by atoms with Crippen LogP contribution < -0.4 is 25.8 Å². The van der Waals surface area contributed by atoms with E-state index in [9.17, 15) is 23.1 Å². The summed E-state index contributed by atoms with van der Waals surface area (Å²) in [6, 6.07) is 22.5. The van der Waals surface area contributed by atoms with Crippen molar-refractivity contribution in [2.24, 2.45) is 0 Å². The summed E-state index contributed by atoms with van der Waals surface area (Å²) in [7, 11) is -3.74. The first-order valence-corrected chi connectivity index (χ1v) is 19.5. The van der Waals surface area contributed by atoms with Crippen LogP contribution in [-0.4, -0.2) is 57.7 Å². The summed E-state index contributed by atoms with van der Waals surface area (Å²) in [5.41, 5.74) is 3.26. The maximum Gasteiger partial charge on any atom is 0.327 e. The number of nitrogens with one attached hydrogen (secondary N) is 3. The molecule has 0 atom stereocenters. The molecule has 5 aromatic rings. The number of carbonyl (C=O) groups is 2. The van der Waals surface area contributed by atoms with Crippen LogP contribution in [0.1, 0.15) is 42.4 Å². The smallest absolute Gasteiger partial charge is 0.327 e. The minimum absolute atomic E-state index is 0.184. The molecule has 4 N–H and O–H groups in total.